The Morgan fingerprint density at radius 1 is 1.44 bits per heavy atom. The SMILES string of the molecule is COc1ccc(C2SCC(=O)N2CCSC)cc1. The molecule has 0 saturated carbocycles. The van der Waals surface area contributed by atoms with Gasteiger partial charge in [-0.2, -0.15) is 11.8 Å². The predicted octanol–water partition coefficient (Wildman–Crippen LogP) is 2.63. The van der Waals surface area contributed by atoms with Gasteiger partial charge in [-0.3, -0.25) is 4.79 Å². The Bertz CT molecular complexity index is 408. The van der Waals surface area contributed by atoms with Gasteiger partial charge in [0.15, 0.2) is 0 Å². The molecule has 0 radical (unpaired) electrons. The summed E-state index contributed by atoms with van der Waals surface area (Å²) in [5.41, 5.74) is 1.17. The van der Waals surface area contributed by atoms with Crippen molar-refractivity contribution in [3.8, 4) is 5.75 Å². The third-order valence-corrected chi connectivity index (χ3v) is 4.75. The first-order valence-electron chi connectivity index (χ1n) is 5.80. The van der Waals surface area contributed by atoms with E-state index in [0.29, 0.717) is 5.75 Å². The average molecular weight is 283 g/mol. The summed E-state index contributed by atoms with van der Waals surface area (Å²) in [7, 11) is 1.66. The smallest absolute Gasteiger partial charge is 0.233 e. The molecule has 0 bridgehead atoms. The quantitative estimate of drug-likeness (QED) is 0.831. The van der Waals surface area contributed by atoms with Gasteiger partial charge in [-0.05, 0) is 24.0 Å². The van der Waals surface area contributed by atoms with Gasteiger partial charge in [-0.25, -0.2) is 0 Å². The number of carbonyl (C=O) groups is 1. The molecule has 0 spiro atoms. The molecule has 1 amide bonds. The molecule has 1 fully saturated rings. The van der Waals surface area contributed by atoms with Crippen molar-refractivity contribution in [1.82, 2.24) is 4.90 Å². The molecule has 5 heteroatoms. The van der Waals surface area contributed by atoms with Crippen molar-refractivity contribution in [1.29, 1.82) is 0 Å². The molecule has 0 aromatic heterocycles. The molecule has 1 aromatic carbocycles. The van der Waals surface area contributed by atoms with Gasteiger partial charge >= 0.3 is 0 Å². The molecule has 3 nitrogen and oxygen atoms in total. The molecule has 1 atom stereocenters. The second kappa shape index (κ2) is 6.38. The first-order chi connectivity index (χ1) is 8.76. The normalized spacial score (nSPS) is 19.3. The van der Waals surface area contributed by atoms with Gasteiger partial charge in [0.1, 0.15) is 11.1 Å². The summed E-state index contributed by atoms with van der Waals surface area (Å²) in [5.74, 6) is 2.67. The molecule has 1 aliphatic rings. The van der Waals surface area contributed by atoms with Crippen molar-refractivity contribution in [2.24, 2.45) is 0 Å². The molecular weight excluding hydrogens is 266 g/mol. The summed E-state index contributed by atoms with van der Waals surface area (Å²) in [5, 5.41) is 0.163. The van der Waals surface area contributed by atoms with Gasteiger partial charge in [0.25, 0.3) is 0 Å². The van der Waals surface area contributed by atoms with E-state index >= 15 is 0 Å². The first-order valence-corrected chi connectivity index (χ1v) is 8.24. The fourth-order valence-corrected chi connectivity index (χ4v) is 3.53. The van der Waals surface area contributed by atoms with Crippen LogP contribution in [0.2, 0.25) is 0 Å². The van der Waals surface area contributed by atoms with Crippen molar-refractivity contribution < 1.29 is 9.53 Å². The maximum atomic E-state index is 11.9. The summed E-state index contributed by atoms with van der Waals surface area (Å²) in [6, 6.07) is 7.99. The van der Waals surface area contributed by atoms with Crippen molar-refractivity contribution >= 4 is 29.4 Å². The first kappa shape index (κ1) is 13.6. The average Bonchev–Trinajstić information content (AvgIpc) is 2.78. The van der Waals surface area contributed by atoms with Crippen LogP contribution in [-0.4, -0.2) is 42.2 Å². The summed E-state index contributed by atoms with van der Waals surface area (Å²) in [6.07, 6.45) is 2.07. The van der Waals surface area contributed by atoms with Crippen LogP contribution in [0.5, 0.6) is 5.75 Å². The molecule has 1 heterocycles. The lowest BCUT2D eigenvalue weighted by molar-refractivity contribution is -0.127. The van der Waals surface area contributed by atoms with E-state index in [1.165, 1.54) is 5.56 Å². The van der Waals surface area contributed by atoms with Crippen LogP contribution in [0.3, 0.4) is 0 Å². The van der Waals surface area contributed by atoms with E-state index in [9.17, 15) is 4.79 Å². The van der Waals surface area contributed by atoms with E-state index in [1.54, 1.807) is 30.6 Å². The molecule has 0 aliphatic carbocycles. The number of carbonyl (C=O) groups excluding carboxylic acids is 1. The van der Waals surface area contributed by atoms with E-state index < -0.39 is 0 Å². The summed E-state index contributed by atoms with van der Waals surface area (Å²) in [4.78, 5) is 13.8. The number of ether oxygens (including phenoxy) is 1. The summed E-state index contributed by atoms with van der Waals surface area (Å²) < 4.78 is 5.15. The largest absolute Gasteiger partial charge is 0.497 e. The van der Waals surface area contributed by atoms with E-state index in [1.807, 2.05) is 29.2 Å². The third kappa shape index (κ3) is 2.95. The van der Waals surface area contributed by atoms with Gasteiger partial charge < -0.3 is 9.64 Å². The lowest BCUT2D eigenvalue weighted by Gasteiger charge is -2.24. The summed E-state index contributed by atoms with van der Waals surface area (Å²) in [6.45, 7) is 0.823. The Hall–Kier alpha value is -0.810. The molecule has 2 rings (SSSR count). The second-order valence-corrected chi connectivity index (χ2v) is 6.07. The fourth-order valence-electron chi connectivity index (χ4n) is 1.93. The highest BCUT2D eigenvalue weighted by Gasteiger charge is 2.32. The molecule has 0 N–H and O–H groups in total. The van der Waals surface area contributed by atoms with Crippen LogP contribution in [0.1, 0.15) is 10.9 Å². The molecule has 18 heavy (non-hydrogen) atoms. The zero-order chi connectivity index (χ0) is 13.0. The molecule has 1 unspecified atom stereocenters. The van der Waals surface area contributed by atoms with E-state index in [-0.39, 0.29) is 11.3 Å². The standard InChI is InChI=1S/C13H17NO2S2/c1-16-11-5-3-10(4-6-11)13-14(7-8-17-2)12(15)9-18-13/h3-6,13H,7-9H2,1-2H3. The number of benzene rings is 1. The van der Waals surface area contributed by atoms with Crippen molar-refractivity contribution in [3.63, 3.8) is 0 Å². The zero-order valence-corrected chi connectivity index (χ0v) is 12.2. The minimum Gasteiger partial charge on any atom is -0.497 e. The van der Waals surface area contributed by atoms with Crippen LogP contribution in [0, 0.1) is 0 Å². The summed E-state index contributed by atoms with van der Waals surface area (Å²) >= 11 is 3.47. The highest BCUT2D eigenvalue weighted by atomic mass is 32.2. The maximum Gasteiger partial charge on any atom is 0.233 e. The van der Waals surface area contributed by atoms with Crippen LogP contribution in [0.25, 0.3) is 0 Å². The van der Waals surface area contributed by atoms with E-state index in [0.717, 1.165) is 18.0 Å². The number of rotatable bonds is 5. The Morgan fingerprint density at radius 3 is 2.78 bits per heavy atom. The molecular formula is C13H17NO2S2. The number of methoxy groups -OCH3 is 1. The highest BCUT2D eigenvalue weighted by molar-refractivity contribution is 8.00. The van der Waals surface area contributed by atoms with Gasteiger partial charge in [0.2, 0.25) is 5.91 Å². The predicted molar refractivity (Wildman–Crippen MR) is 78.3 cm³/mol. The van der Waals surface area contributed by atoms with Gasteiger partial charge in [0, 0.05) is 12.3 Å². The van der Waals surface area contributed by atoms with Crippen LogP contribution >= 0.6 is 23.5 Å². The number of amides is 1. The Balaban J connectivity index is 2.12. The Morgan fingerprint density at radius 2 is 2.17 bits per heavy atom. The Labute approximate surface area is 116 Å². The minimum atomic E-state index is 0.163. The number of nitrogens with zero attached hydrogens (tertiary/aromatic N) is 1. The van der Waals surface area contributed by atoms with E-state index in [2.05, 4.69) is 6.26 Å². The van der Waals surface area contributed by atoms with Crippen LogP contribution in [0.4, 0.5) is 0 Å². The topological polar surface area (TPSA) is 29.5 Å². The number of hydrogen-bond donors (Lipinski definition) is 0. The monoisotopic (exact) mass is 283 g/mol. The lowest BCUT2D eigenvalue weighted by Crippen LogP contribution is -2.30. The molecule has 1 aromatic rings. The maximum absolute atomic E-state index is 11.9. The number of thioether (sulfide) groups is 2. The van der Waals surface area contributed by atoms with Gasteiger partial charge in [0.05, 0.1) is 12.9 Å². The molecule has 1 saturated heterocycles. The second-order valence-electron chi connectivity index (χ2n) is 4.02. The zero-order valence-electron chi connectivity index (χ0n) is 10.6. The third-order valence-electron chi connectivity index (χ3n) is 2.91. The molecule has 98 valence electrons. The molecule has 1 aliphatic heterocycles. The Kier molecular flexibility index (Phi) is 4.83. The lowest BCUT2D eigenvalue weighted by atomic mass is 10.2. The minimum absolute atomic E-state index is 0.163. The van der Waals surface area contributed by atoms with Crippen LogP contribution in [-0.2, 0) is 4.79 Å². The van der Waals surface area contributed by atoms with Crippen molar-refractivity contribution in [2.75, 3.05) is 31.4 Å². The van der Waals surface area contributed by atoms with Crippen LogP contribution < -0.4 is 4.74 Å². The van der Waals surface area contributed by atoms with Gasteiger partial charge in [-0.1, -0.05) is 12.1 Å². The fraction of sp³-hybridized carbons (Fsp3) is 0.462. The van der Waals surface area contributed by atoms with Crippen molar-refractivity contribution in [3.05, 3.63) is 29.8 Å². The highest BCUT2D eigenvalue weighted by Crippen LogP contribution is 2.38. The van der Waals surface area contributed by atoms with E-state index in [4.69, 9.17) is 4.74 Å². The number of hydrogen-bond acceptors (Lipinski definition) is 4. The van der Waals surface area contributed by atoms with Crippen molar-refractivity contribution in [2.45, 2.75) is 5.37 Å². The van der Waals surface area contributed by atoms with Crippen LogP contribution in [0.15, 0.2) is 24.3 Å². The van der Waals surface area contributed by atoms with Gasteiger partial charge in [-0.15, -0.1) is 11.8 Å².